The molecule has 0 saturated carbocycles. The standard InChI is InChI=1S/C10H13NO2.C9H9NO2/c12-10(13)11-6-5-8-3-1-2-4-9(8)7-11;11-9(12)8-5-6-3-1-2-4-7(6)10-8/h1-2,4,8H,3,5-7H2,(H,12,13);1-4,8,10H,5H2,(H,11,12). The number of allylic oxidation sites excluding steroid dienone is 3. The van der Waals surface area contributed by atoms with Gasteiger partial charge in [-0.1, -0.05) is 36.4 Å². The molecule has 6 nitrogen and oxygen atoms in total. The summed E-state index contributed by atoms with van der Waals surface area (Å²) < 4.78 is 0. The molecule has 1 aromatic carbocycles. The van der Waals surface area contributed by atoms with Crippen LogP contribution in [-0.2, 0) is 11.2 Å². The van der Waals surface area contributed by atoms with Crippen LogP contribution < -0.4 is 5.32 Å². The molecule has 4 rings (SSSR count). The number of likely N-dealkylation sites (tertiary alicyclic amines) is 1. The number of rotatable bonds is 1. The van der Waals surface area contributed by atoms with Crippen LogP contribution in [0.25, 0.3) is 0 Å². The highest BCUT2D eigenvalue weighted by molar-refractivity contribution is 5.81. The van der Waals surface area contributed by atoms with Crippen molar-refractivity contribution in [2.24, 2.45) is 5.92 Å². The lowest BCUT2D eigenvalue weighted by atomic mass is 9.86. The van der Waals surface area contributed by atoms with Crippen molar-refractivity contribution >= 4 is 17.7 Å². The maximum atomic E-state index is 10.7. The van der Waals surface area contributed by atoms with Crippen molar-refractivity contribution in [3.63, 3.8) is 0 Å². The van der Waals surface area contributed by atoms with E-state index >= 15 is 0 Å². The molecule has 1 aromatic rings. The van der Waals surface area contributed by atoms with Gasteiger partial charge in [0, 0.05) is 25.2 Å². The first-order valence-electron chi connectivity index (χ1n) is 8.45. The van der Waals surface area contributed by atoms with Gasteiger partial charge in [-0.3, -0.25) is 0 Å². The van der Waals surface area contributed by atoms with E-state index in [0.29, 0.717) is 25.4 Å². The lowest BCUT2D eigenvalue weighted by molar-refractivity contribution is -0.137. The Morgan fingerprint density at radius 3 is 2.72 bits per heavy atom. The average Bonchev–Trinajstić information content (AvgIpc) is 3.06. The Labute approximate surface area is 146 Å². The number of hydrogen-bond donors (Lipinski definition) is 3. The molecule has 2 heterocycles. The van der Waals surface area contributed by atoms with E-state index in [1.807, 2.05) is 30.3 Å². The van der Waals surface area contributed by atoms with Crippen molar-refractivity contribution in [3.8, 4) is 0 Å². The van der Waals surface area contributed by atoms with E-state index < -0.39 is 18.1 Å². The fourth-order valence-electron chi connectivity index (χ4n) is 3.43. The van der Waals surface area contributed by atoms with Gasteiger partial charge in [0.05, 0.1) is 0 Å². The van der Waals surface area contributed by atoms with Gasteiger partial charge in [-0.05, 0) is 36.0 Å². The fourth-order valence-corrected chi connectivity index (χ4v) is 3.43. The Bertz CT molecular complexity index is 701. The third kappa shape index (κ3) is 4.02. The second kappa shape index (κ2) is 7.42. The number of carbonyl (C=O) groups is 2. The van der Waals surface area contributed by atoms with Gasteiger partial charge in [-0.25, -0.2) is 9.59 Å². The largest absolute Gasteiger partial charge is 0.480 e. The number of piperidine rings is 1. The van der Waals surface area contributed by atoms with Gasteiger partial charge in [0.15, 0.2) is 0 Å². The van der Waals surface area contributed by atoms with Crippen LogP contribution in [0.5, 0.6) is 0 Å². The summed E-state index contributed by atoms with van der Waals surface area (Å²) >= 11 is 0. The maximum absolute atomic E-state index is 10.7. The molecule has 2 aliphatic heterocycles. The first-order valence-corrected chi connectivity index (χ1v) is 8.45. The Morgan fingerprint density at radius 2 is 2.00 bits per heavy atom. The Balaban J connectivity index is 0.000000146. The predicted octanol–water partition coefficient (Wildman–Crippen LogP) is 2.98. The van der Waals surface area contributed by atoms with Crippen LogP contribution in [0.2, 0.25) is 0 Å². The van der Waals surface area contributed by atoms with E-state index in [0.717, 1.165) is 24.1 Å². The summed E-state index contributed by atoms with van der Waals surface area (Å²) in [5, 5.41) is 20.5. The number of benzene rings is 1. The van der Waals surface area contributed by atoms with Gasteiger partial charge < -0.3 is 20.4 Å². The molecule has 25 heavy (non-hydrogen) atoms. The quantitative estimate of drug-likeness (QED) is 0.730. The van der Waals surface area contributed by atoms with Crippen molar-refractivity contribution < 1.29 is 19.8 Å². The van der Waals surface area contributed by atoms with Crippen LogP contribution in [0.3, 0.4) is 0 Å². The van der Waals surface area contributed by atoms with Crippen LogP contribution in [0.4, 0.5) is 10.5 Å². The van der Waals surface area contributed by atoms with E-state index in [9.17, 15) is 9.59 Å². The molecular formula is C19H22N2O4. The van der Waals surface area contributed by atoms with E-state index in [2.05, 4.69) is 17.5 Å². The topological polar surface area (TPSA) is 89.9 Å². The minimum atomic E-state index is -0.797. The van der Waals surface area contributed by atoms with Crippen LogP contribution in [0.15, 0.2) is 48.1 Å². The molecule has 3 N–H and O–H groups in total. The molecule has 1 amide bonds. The number of anilines is 1. The molecule has 1 fully saturated rings. The van der Waals surface area contributed by atoms with Crippen molar-refractivity contribution in [3.05, 3.63) is 53.6 Å². The van der Waals surface area contributed by atoms with Crippen LogP contribution >= 0.6 is 0 Å². The minimum absolute atomic E-state index is 0.442. The maximum Gasteiger partial charge on any atom is 0.407 e. The Hall–Kier alpha value is -2.76. The number of hydrogen-bond acceptors (Lipinski definition) is 3. The molecule has 1 saturated heterocycles. The molecule has 3 aliphatic rings. The zero-order valence-electron chi connectivity index (χ0n) is 13.9. The predicted molar refractivity (Wildman–Crippen MR) is 94.7 cm³/mol. The second-order valence-electron chi connectivity index (χ2n) is 6.49. The van der Waals surface area contributed by atoms with Crippen LogP contribution in [0, 0.1) is 5.92 Å². The normalized spacial score (nSPS) is 23.4. The van der Waals surface area contributed by atoms with Gasteiger partial charge in [0.1, 0.15) is 6.04 Å². The zero-order chi connectivity index (χ0) is 17.8. The van der Waals surface area contributed by atoms with Crippen molar-refractivity contribution in [2.75, 3.05) is 18.4 Å². The summed E-state index contributed by atoms with van der Waals surface area (Å²) in [5.74, 6) is -0.188. The van der Waals surface area contributed by atoms with Gasteiger partial charge in [-0.2, -0.15) is 0 Å². The monoisotopic (exact) mass is 342 g/mol. The highest BCUT2D eigenvalue weighted by atomic mass is 16.4. The molecule has 2 unspecified atom stereocenters. The first-order chi connectivity index (χ1) is 12.0. The molecule has 2 atom stereocenters. The number of amides is 1. The molecule has 6 heteroatoms. The number of fused-ring (bicyclic) bond motifs is 2. The average molecular weight is 342 g/mol. The first kappa shape index (κ1) is 17.1. The SMILES string of the molecule is O=C(O)C1Cc2ccccc2N1.O=C(O)N1CCC2CC=CC=C2C1. The summed E-state index contributed by atoms with van der Waals surface area (Å²) in [7, 11) is 0. The van der Waals surface area contributed by atoms with E-state index in [1.54, 1.807) is 0 Å². The second-order valence-corrected chi connectivity index (χ2v) is 6.49. The third-order valence-corrected chi connectivity index (χ3v) is 4.85. The zero-order valence-corrected chi connectivity index (χ0v) is 13.9. The summed E-state index contributed by atoms with van der Waals surface area (Å²) in [4.78, 5) is 22.8. The molecular weight excluding hydrogens is 320 g/mol. The lowest BCUT2D eigenvalue weighted by Crippen LogP contribution is -2.39. The van der Waals surface area contributed by atoms with E-state index in [1.165, 1.54) is 10.5 Å². The number of carboxylic acid groups (broad SMARTS) is 2. The third-order valence-electron chi connectivity index (χ3n) is 4.85. The van der Waals surface area contributed by atoms with E-state index in [-0.39, 0.29) is 0 Å². The number of para-hydroxylation sites is 1. The van der Waals surface area contributed by atoms with Crippen molar-refractivity contribution in [1.29, 1.82) is 0 Å². The number of nitrogens with zero attached hydrogens (tertiary/aromatic N) is 1. The number of aliphatic carboxylic acids is 1. The minimum Gasteiger partial charge on any atom is -0.480 e. The van der Waals surface area contributed by atoms with Crippen LogP contribution in [-0.4, -0.2) is 46.3 Å². The number of nitrogens with one attached hydrogen (secondary N) is 1. The lowest BCUT2D eigenvalue weighted by Gasteiger charge is -2.33. The number of carboxylic acids is 1. The van der Waals surface area contributed by atoms with E-state index in [4.69, 9.17) is 10.2 Å². The fraction of sp³-hybridized carbons (Fsp3) is 0.368. The molecule has 0 aromatic heterocycles. The van der Waals surface area contributed by atoms with Gasteiger partial charge in [-0.15, -0.1) is 0 Å². The van der Waals surface area contributed by atoms with Gasteiger partial charge in [0.25, 0.3) is 0 Å². The van der Waals surface area contributed by atoms with Crippen molar-refractivity contribution in [2.45, 2.75) is 25.3 Å². The van der Waals surface area contributed by atoms with Gasteiger partial charge in [0.2, 0.25) is 0 Å². The summed E-state index contributed by atoms with van der Waals surface area (Å²) in [6.07, 6.45) is 8.09. The van der Waals surface area contributed by atoms with Crippen molar-refractivity contribution in [1.82, 2.24) is 4.90 Å². The Kier molecular flexibility index (Phi) is 5.07. The molecule has 132 valence electrons. The Morgan fingerprint density at radius 1 is 1.20 bits per heavy atom. The molecule has 0 spiro atoms. The smallest absolute Gasteiger partial charge is 0.407 e. The highest BCUT2D eigenvalue weighted by Gasteiger charge is 2.26. The molecule has 0 bridgehead atoms. The molecule has 1 aliphatic carbocycles. The summed E-state index contributed by atoms with van der Waals surface area (Å²) in [6, 6.07) is 7.23. The highest BCUT2D eigenvalue weighted by Crippen LogP contribution is 2.28. The molecule has 0 radical (unpaired) electrons. The van der Waals surface area contributed by atoms with Gasteiger partial charge >= 0.3 is 12.1 Å². The summed E-state index contributed by atoms with van der Waals surface area (Å²) in [5.41, 5.74) is 3.31. The summed E-state index contributed by atoms with van der Waals surface area (Å²) in [6.45, 7) is 1.29. The van der Waals surface area contributed by atoms with Crippen LogP contribution in [0.1, 0.15) is 18.4 Å².